The molecule has 1 unspecified atom stereocenters. The predicted octanol–water partition coefficient (Wildman–Crippen LogP) is 1.65. The van der Waals surface area contributed by atoms with E-state index in [1.165, 1.54) is 37.3 Å². The molecule has 0 aromatic carbocycles. The summed E-state index contributed by atoms with van der Waals surface area (Å²) in [6.45, 7) is 6.79. The van der Waals surface area contributed by atoms with Gasteiger partial charge in [0.1, 0.15) is 5.82 Å². The molecule has 1 atom stereocenters. The van der Waals surface area contributed by atoms with Crippen LogP contribution in [0.25, 0.3) is 0 Å². The molecule has 1 saturated heterocycles. The molecular formula is C15H24N4. The summed E-state index contributed by atoms with van der Waals surface area (Å²) in [6, 6.07) is 5.47. The lowest BCUT2D eigenvalue weighted by atomic mass is 10.1. The number of aromatic nitrogens is 1. The molecule has 1 aliphatic carbocycles. The smallest absolute Gasteiger partial charge is 0.133 e. The molecule has 4 nitrogen and oxygen atoms in total. The summed E-state index contributed by atoms with van der Waals surface area (Å²) in [7, 11) is 2.01. The van der Waals surface area contributed by atoms with Crippen LogP contribution in [-0.2, 0) is 0 Å². The summed E-state index contributed by atoms with van der Waals surface area (Å²) in [6.07, 6.45) is 4.73. The van der Waals surface area contributed by atoms with Crippen LogP contribution in [0.4, 0.5) is 5.82 Å². The SMILES string of the molecule is CNC(C)c1cccnc1N1CCN(C2CC2)CC1. The lowest BCUT2D eigenvalue weighted by Gasteiger charge is -2.36. The Morgan fingerprint density at radius 3 is 2.63 bits per heavy atom. The van der Waals surface area contributed by atoms with E-state index < -0.39 is 0 Å². The first-order chi connectivity index (χ1) is 9.29. The van der Waals surface area contributed by atoms with Crippen LogP contribution in [0.1, 0.15) is 31.4 Å². The molecular weight excluding hydrogens is 236 g/mol. The lowest BCUT2D eigenvalue weighted by molar-refractivity contribution is 0.247. The highest BCUT2D eigenvalue weighted by Gasteiger charge is 2.31. The van der Waals surface area contributed by atoms with E-state index in [-0.39, 0.29) is 0 Å². The highest BCUT2D eigenvalue weighted by atomic mass is 15.3. The first kappa shape index (κ1) is 12.9. The first-order valence-corrected chi connectivity index (χ1v) is 7.41. The van der Waals surface area contributed by atoms with Crippen LogP contribution >= 0.6 is 0 Å². The van der Waals surface area contributed by atoms with Gasteiger partial charge in [-0.1, -0.05) is 6.07 Å². The van der Waals surface area contributed by atoms with Gasteiger partial charge in [0.25, 0.3) is 0 Å². The number of anilines is 1. The Hall–Kier alpha value is -1.13. The maximum atomic E-state index is 4.62. The Balaban J connectivity index is 1.71. The quantitative estimate of drug-likeness (QED) is 0.892. The molecule has 2 aliphatic rings. The third-order valence-electron chi connectivity index (χ3n) is 4.39. The van der Waals surface area contributed by atoms with Crippen molar-refractivity contribution in [2.45, 2.75) is 31.8 Å². The van der Waals surface area contributed by atoms with Crippen LogP contribution in [0, 0.1) is 0 Å². The third-order valence-corrected chi connectivity index (χ3v) is 4.39. The van der Waals surface area contributed by atoms with Gasteiger partial charge in [-0.25, -0.2) is 4.98 Å². The van der Waals surface area contributed by atoms with Crippen LogP contribution < -0.4 is 10.2 Å². The Kier molecular flexibility index (Phi) is 3.71. The Morgan fingerprint density at radius 2 is 2.00 bits per heavy atom. The summed E-state index contributed by atoms with van der Waals surface area (Å²) < 4.78 is 0. The monoisotopic (exact) mass is 260 g/mol. The van der Waals surface area contributed by atoms with E-state index >= 15 is 0 Å². The molecule has 1 aromatic heterocycles. The standard InChI is InChI=1S/C15H24N4/c1-12(16-2)14-4-3-7-17-15(14)19-10-8-18(9-11-19)13-5-6-13/h3-4,7,12-13,16H,5-6,8-11H2,1-2H3. The maximum Gasteiger partial charge on any atom is 0.133 e. The van der Waals surface area contributed by atoms with Crippen molar-refractivity contribution < 1.29 is 0 Å². The van der Waals surface area contributed by atoms with Crippen molar-refractivity contribution in [1.29, 1.82) is 0 Å². The number of nitrogens with zero attached hydrogens (tertiary/aromatic N) is 3. The maximum absolute atomic E-state index is 4.62. The zero-order valence-electron chi connectivity index (χ0n) is 12.0. The molecule has 0 radical (unpaired) electrons. The minimum absolute atomic E-state index is 0.352. The molecule has 19 heavy (non-hydrogen) atoms. The first-order valence-electron chi connectivity index (χ1n) is 7.41. The van der Waals surface area contributed by atoms with Gasteiger partial charge >= 0.3 is 0 Å². The summed E-state index contributed by atoms with van der Waals surface area (Å²) >= 11 is 0. The van der Waals surface area contributed by atoms with Crippen LogP contribution in [0.2, 0.25) is 0 Å². The van der Waals surface area contributed by atoms with E-state index in [1.807, 2.05) is 19.3 Å². The van der Waals surface area contributed by atoms with Gasteiger partial charge in [-0.15, -0.1) is 0 Å². The minimum atomic E-state index is 0.352. The molecule has 2 heterocycles. The van der Waals surface area contributed by atoms with Crippen molar-refractivity contribution in [3.63, 3.8) is 0 Å². The molecule has 1 aromatic rings. The minimum Gasteiger partial charge on any atom is -0.354 e. The molecule has 1 aliphatic heterocycles. The van der Waals surface area contributed by atoms with E-state index in [0.717, 1.165) is 19.1 Å². The highest BCUT2D eigenvalue weighted by Crippen LogP contribution is 2.29. The van der Waals surface area contributed by atoms with Gasteiger partial charge < -0.3 is 10.2 Å². The lowest BCUT2D eigenvalue weighted by Crippen LogP contribution is -2.47. The number of nitrogens with one attached hydrogen (secondary N) is 1. The van der Waals surface area contributed by atoms with Gasteiger partial charge in [0.2, 0.25) is 0 Å². The fourth-order valence-electron chi connectivity index (χ4n) is 2.91. The fourth-order valence-corrected chi connectivity index (χ4v) is 2.91. The largest absolute Gasteiger partial charge is 0.354 e. The predicted molar refractivity (Wildman–Crippen MR) is 78.5 cm³/mol. The molecule has 4 heteroatoms. The van der Waals surface area contributed by atoms with E-state index in [2.05, 4.69) is 33.1 Å². The molecule has 104 valence electrons. The van der Waals surface area contributed by atoms with Gasteiger partial charge in [-0.05, 0) is 32.9 Å². The molecule has 0 amide bonds. The van der Waals surface area contributed by atoms with Crippen molar-refractivity contribution in [2.75, 3.05) is 38.1 Å². The van der Waals surface area contributed by atoms with Crippen LogP contribution in [0.15, 0.2) is 18.3 Å². The molecule has 0 bridgehead atoms. The van der Waals surface area contributed by atoms with Gasteiger partial charge in [0.15, 0.2) is 0 Å². The molecule has 1 N–H and O–H groups in total. The number of piperazine rings is 1. The molecule has 1 saturated carbocycles. The van der Waals surface area contributed by atoms with Gasteiger partial charge in [0, 0.05) is 50.0 Å². The molecule has 2 fully saturated rings. The normalized spacial score (nSPS) is 22.5. The molecule has 0 spiro atoms. The zero-order valence-corrected chi connectivity index (χ0v) is 12.0. The molecule has 3 rings (SSSR count). The van der Waals surface area contributed by atoms with Crippen molar-refractivity contribution in [1.82, 2.24) is 15.2 Å². The second kappa shape index (κ2) is 5.47. The number of hydrogen-bond donors (Lipinski definition) is 1. The van der Waals surface area contributed by atoms with E-state index in [4.69, 9.17) is 0 Å². The van der Waals surface area contributed by atoms with Crippen LogP contribution in [-0.4, -0.2) is 49.2 Å². The van der Waals surface area contributed by atoms with Crippen molar-refractivity contribution >= 4 is 5.82 Å². The van der Waals surface area contributed by atoms with E-state index in [9.17, 15) is 0 Å². The Labute approximate surface area is 115 Å². The summed E-state index contributed by atoms with van der Waals surface area (Å²) in [5.41, 5.74) is 1.31. The van der Waals surface area contributed by atoms with E-state index in [1.54, 1.807) is 0 Å². The van der Waals surface area contributed by atoms with Crippen molar-refractivity contribution in [3.8, 4) is 0 Å². The highest BCUT2D eigenvalue weighted by molar-refractivity contribution is 5.48. The second-order valence-electron chi connectivity index (χ2n) is 5.68. The average molecular weight is 260 g/mol. The van der Waals surface area contributed by atoms with Gasteiger partial charge in [0.05, 0.1) is 0 Å². The summed E-state index contributed by atoms with van der Waals surface area (Å²) in [5.74, 6) is 1.17. The average Bonchev–Trinajstić information content (AvgIpc) is 3.31. The summed E-state index contributed by atoms with van der Waals surface area (Å²) in [5, 5.41) is 3.32. The van der Waals surface area contributed by atoms with Crippen molar-refractivity contribution in [3.05, 3.63) is 23.9 Å². The van der Waals surface area contributed by atoms with Crippen LogP contribution in [0.5, 0.6) is 0 Å². The second-order valence-corrected chi connectivity index (χ2v) is 5.68. The van der Waals surface area contributed by atoms with Gasteiger partial charge in [-0.3, -0.25) is 4.90 Å². The van der Waals surface area contributed by atoms with Gasteiger partial charge in [-0.2, -0.15) is 0 Å². The fraction of sp³-hybridized carbons (Fsp3) is 0.667. The van der Waals surface area contributed by atoms with Crippen molar-refractivity contribution in [2.24, 2.45) is 0 Å². The summed E-state index contributed by atoms with van der Waals surface area (Å²) in [4.78, 5) is 9.71. The third kappa shape index (κ3) is 2.74. The number of pyridine rings is 1. The Morgan fingerprint density at radius 1 is 1.26 bits per heavy atom. The number of rotatable bonds is 4. The Bertz CT molecular complexity index is 422. The van der Waals surface area contributed by atoms with E-state index in [0.29, 0.717) is 6.04 Å². The zero-order chi connectivity index (χ0) is 13.2. The van der Waals surface area contributed by atoms with Crippen LogP contribution in [0.3, 0.4) is 0 Å². The topological polar surface area (TPSA) is 31.4 Å². The number of hydrogen-bond acceptors (Lipinski definition) is 4.